The molecule has 1 unspecified atom stereocenters. The van der Waals surface area contributed by atoms with Gasteiger partial charge in [0.2, 0.25) is 0 Å². The van der Waals surface area contributed by atoms with Crippen LogP contribution >= 0.6 is 0 Å². The third-order valence-corrected chi connectivity index (χ3v) is 2.56. The summed E-state index contributed by atoms with van der Waals surface area (Å²) < 4.78 is 2.18. The van der Waals surface area contributed by atoms with Gasteiger partial charge in [-0.2, -0.15) is 0 Å². The molecule has 66 valence electrons. The molecule has 0 fully saturated rings. The molecule has 0 amide bonds. The molecule has 1 aliphatic rings. The van der Waals surface area contributed by atoms with E-state index in [0.29, 0.717) is 5.92 Å². The van der Waals surface area contributed by atoms with E-state index in [1.54, 1.807) is 0 Å². The third-order valence-electron chi connectivity index (χ3n) is 2.56. The van der Waals surface area contributed by atoms with Gasteiger partial charge in [-0.25, -0.2) is 0 Å². The lowest BCUT2D eigenvalue weighted by molar-refractivity contribution is 0.369. The van der Waals surface area contributed by atoms with Gasteiger partial charge < -0.3 is 10.3 Å². The first kappa shape index (κ1) is 7.73. The average molecular weight is 166 g/mol. The monoisotopic (exact) mass is 166 g/mol. The predicted molar refractivity (Wildman–Crippen MR) is 45.6 cm³/mol. The van der Waals surface area contributed by atoms with E-state index in [4.69, 9.17) is 5.73 Å². The van der Waals surface area contributed by atoms with Crippen LogP contribution in [0.2, 0.25) is 0 Å². The van der Waals surface area contributed by atoms with E-state index in [0.717, 1.165) is 37.6 Å². The number of fused-ring (bicyclic) bond motifs is 1. The summed E-state index contributed by atoms with van der Waals surface area (Å²) in [6.45, 7) is 3.77. The Morgan fingerprint density at radius 1 is 1.58 bits per heavy atom. The zero-order valence-corrected chi connectivity index (χ0v) is 7.32. The standard InChI is InChI=1S/C8H14N4/c1-6-10-11-8-3-2-7(4-9)5-12(6)8/h7H,2-5,9H2,1H3. The van der Waals surface area contributed by atoms with Crippen LogP contribution in [-0.2, 0) is 13.0 Å². The van der Waals surface area contributed by atoms with Crippen molar-refractivity contribution in [2.75, 3.05) is 6.54 Å². The van der Waals surface area contributed by atoms with Crippen LogP contribution < -0.4 is 5.73 Å². The highest BCUT2D eigenvalue weighted by atomic mass is 15.3. The van der Waals surface area contributed by atoms with Crippen LogP contribution in [0.5, 0.6) is 0 Å². The molecule has 0 spiro atoms. The topological polar surface area (TPSA) is 56.7 Å². The second kappa shape index (κ2) is 2.86. The zero-order chi connectivity index (χ0) is 8.55. The van der Waals surface area contributed by atoms with Gasteiger partial charge in [0.15, 0.2) is 0 Å². The summed E-state index contributed by atoms with van der Waals surface area (Å²) >= 11 is 0. The van der Waals surface area contributed by atoms with Crippen molar-refractivity contribution >= 4 is 0 Å². The molecule has 4 nitrogen and oxygen atoms in total. The molecule has 0 radical (unpaired) electrons. The van der Waals surface area contributed by atoms with Gasteiger partial charge >= 0.3 is 0 Å². The predicted octanol–water partition coefficient (Wildman–Crippen LogP) is 0.108. The Morgan fingerprint density at radius 3 is 3.17 bits per heavy atom. The quantitative estimate of drug-likeness (QED) is 0.644. The lowest BCUT2D eigenvalue weighted by atomic mass is 10.00. The minimum absolute atomic E-state index is 0.618. The maximum absolute atomic E-state index is 5.63. The van der Waals surface area contributed by atoms with Crippen LogP contribution in [-0.4, -0.2) is 21.3 Å². The fourth-order valence-corrected chi connectivity index (χ4v) is 1.72. The van der Waals surface area contributed by atoms with Crippen molar-refractivity contribution in [1.82, 2.24) is 14.8 Å². The van der Waals surface area contributed by atoms with E-state index in [-0.39, 0.29) is 0 Å². The summed E-state index contributed by atoms with van der Waals surface area (Å²) in [5.41, 5.74) is 5.63. The molecule has 0 aliphatic carbocycles. The molecule has 2 N–H and O–H groups in total. The molecule has 1 atom stereocenters. The summed E-state index contributed by atoms with van der Waals surface area (Å²) in [6.07, 6.45) is 2.19. The average Bonchev–Trinajstić information content (AvgIpc) is 2.47. The number of aromatic nitrogens is 3. The molecule has 2 rings (SSSR count). The van der Waals surface area contributed by atoms with Crippen molar-refractivity contribution in [2.45, 2.75) is 26.3 Å². The van der Waals surface area contributed by atoms with Crippen molar-refractivity contribution in [3.63, 3.8) is 0 Å². The molecule has 0 bridgehead atoms. The lowest BCUT2D eigenvalue weighted by Gasteiger charge is -2.22. The molecule has 1 aromatic heterocycles. The number of hydrogen-bond donors (Lipinski definition) is 1. The van der Waals surface area contributed by atoms with E-state index in [1.165, 1.54) is 0 Å². The van der Waals surface area contributed by atoms with Crippen LogP contribution in [0.4, 0.5) is 0 Å². The number of rotatable bonds is 1. The first-order valence-corrected chi connectivity index (χ1v) is 4.40. The molecule has 1 aromatic rings. The Morgan fingerprint density at radius 2 is 2.42 bits per heavy atom. The SMILES string of the molecule is Cc1nnc2n1CC(CN)CC2. The van der Waals surface area contributed by atoms with Gasteiger partial charge in [-0.05, 0) is 25.8 Å². The summed E-state index contributed by atoms with van der Waals surface area (Å²) in [7, 11) is 0. The second-order valence-electron chi connectivity index (χ2n) is 3.41. The molecule has 2 heterocycles. The van der Waals surface area contributed by atoms with E-state index in [9.17, 15) is 0 Å². The van der Waals surface area contributed by atoms with Gasteiger partial charge in [-0.3, -0.25) is 0 Å². The highest BCUT2D eigenvalue weighted by Crippen LogP contribution is 2.18. The molecule has 4 heteroatoms. The van der Waals surface area contributed by atoms with Crippen molar-refractivity contribution in [2.24, 2.45) is 11.7 Å². The number of aryl methyl sites for hydroxylation is 2. The Hall–Kier alpha value is -0.900. The van der Waals surface area contributed by atoms with Crippen LogP contribution in [0.15, 0.2) is 0 Å². The molecule has 0 saturated carbocycles. The third kappa shape index (κ3) is 1.12. The fraction of sp³-hybridized carbons (Fsp3) is 0.750. The number of hydrogen-bond acceptors (Lipinski definition) is 3. The highest BCUT2D eigenvalue weighted by molar-refractivity contribution is 4.98. The van der Waals surface area contributed by atoms with Crippen LogP contribution in [0.1, 0.15) is 18.1 Å². The van der Waals surface area contributed by atoms with Crippen LogP contribution in [0.3, 0.4) is 0 Å². The Labute approximate surface area is 71.8 Å². The minimum Gasteiger partial charge on any atom is -0.330 e. The summed E-state index contributed by atoms with van der Waals surface area (Å²) in [5.74, 6) is 2.76. The fourth-order valence-electron chi connectivity index (χ4n) is 1.72. The lowest BCUT2D eigenvalue weighted by Crippen LogP contribution is -2.26. The first-order valence-electron chi connectivity index (χ1n) is 4.40. The van der Waals surface area contributed by atoms with Gasteiger partial charge in [0.05, 0.1) is 0 Å². The maximum atomic E-state index is 5.63. The summed E-state index contributed by atoms with van der Waals surface area (Å²) in [5, 5.41) is 8.14. The van der Waals surface area contributed by atoms with Crippen molar-refractivity contribution in [1.29, 1.82) is 0 Å². The Kier molecular flexibility index (Phi) is 1.84. The van der Waals surface area contributed by atoms with Gasteiger partial charge in [0.25, 0.3) is 0 Å². The molecular formula is C8H14N4. The van der Waals surface area contributed by atoms with E-state index < -0.39 is 0 Å². The highest BCUT2D eigenvalue weighted by Gasteiger charge is 2.19. The van der Waals surface area contributed by atoms with Crippen molar-refractivity contribution in [3.05, 3.63) is 11.6 Å². The second-order valence-corrected chi connectivity index (χ2v) is 3.41. The normalized spacial score (nSPS) is 22.3. The van der Waals surface area contributed by atoms with Gasteiger partial charge in [-0.1, -0.05) is 0 Å². The van der Waals surface area contributed by atoms with Gasteiger partial charge in [0, 0.05) is 13.0 Å². The number of nitrogens with two attached hydrogens (primary N) is 1. The van der Waals surface area contributed by atoms with E-state index in [2.05, 4.69) is 14.8 Å². The molecule has 0 aromatic carbocycles. The smallest absolute Gasteiger partial charge is 0.133 e. The minimum atomic E-state index is 0.618. The molecule has 12 heavy (non-hydrogen) atoms. The number of nitrogens with zero attached hydrogens (tertiary/aromatic N) is 3. The van der Waals surface area contributed by atoms with Gasteiger partial charge in [0.1, 0.15) is 11.6 Å². The zero-order valence-electron chi connectivity index (χ0n) is 7.32. The Balaban J connectivity index is 2.26. The summed E-state index contributed by atoms with van der Waals surface area (Å²) in [4.78, 5) is 0. The molecular weight excluding hydrogens is 152 g/mol. The maximum Gasteiger partial charge on any atom is 0.133 e. The van der Waals surface area contributed by atoms with Gasteiger partial charge in [-0.15, -0.1) is 10.2 Å². The van der Waals surface area contributed by atoms with Crippen LogP contribution in [0.25, 0.3) is 0 Å². The van der Waals surface area contributed by atoms with E-state index >= 15 is 0 Å². The molecule has 0 saturated heterocycles. The van der Waals surface area contributed by atoms with Crippen molar-refractivity contribution < 1.29 is 0 Å². The largest absolute Gasteiger partial charge is 0.330 e. The molecule has 1 aliphatic heterocycles. The first-order chi connectivity index (χ1) is 5.81. The van der Waals surface area contributed by atoms with E-state index in [1.807, 2.05) is 6.92 Å². The Bertz CT molecular complexity index is 279. The van der Waals surface area contributed by atoms with Crippen molar-refractivity contribution in [3.8, 4) is 0 Å². The summed E-state index contributed by atoms with van der Waals surface area (Å²) in [6, 6.07) is 0. The van der Waals surface area contributed by atoms with Crippen LogP contribution in [0, 0.1) is 12.8 Å².